The summed E-state index contributed by atoms with van der Waals surface area (Å²) in [7, 11) is 0. The summed E-state index contributed by atoms with van der Waals surface area (Å²) < 4.78 is 3.24. The van der Waals surface area contributed by atoms with Crippen LogP contribution in [-0.4, -0.2) is 36.5 Å². The number of rotatable bonds is 6. The normalized spacial score (nSPS) is 10.7. The first-order valence-corrected chi connectivity index (χ1v) is 8.28. The molecule has 0 aromatic carbocycles. The Bertz CT molecular complexity index is 961. The molecule has 0 unspecified atom stereocenters. The molecule has 8 heteroatoms. The Kier molecular flexibility index (Phi) is 5.21. The predicted octanol–water partition coefficient (Wildman–Crippen LogP) is 0.935. The number of hydrogen-bond donors (Lipinski definition) is 1. The number of nitrogens with zero attached hydrogens (tertiary/aromatic N) is 5. The van der Waals surface area contributed by atoms with Gasteiger partial charge in [-0.1, -0.05) is 6.07 Å². The van der Waals surface area contributed by atoms with Gasteiger partial charge in [-0.05, 0) is 26.0 Å². The lowest BCUT2D eigenvalue weighted by molar-refractivity contribution is -0.121. The van der Waals surface area contributed by atoms with E-state index in [9.17, 15) is 9.59 Å². The van der Waals surface area contributed by atoms with Crippen molar-refractivity contribution < 1.29 is 4.79 Å². The number of pyridine rings is 1. The standard InChI is InChI=1S/C18H20N6O2/c1-13-14(2)22-12-24(18(13)26)11-16(25)20-7-9-23-10-8-21-17(23)15-5-3-4-6-19-15/h3-6,8,10,12H,7,9,11H2,1-2H3,(H,20,25). The average Bonchev–Trinajstić information content (AvgIpc) is 3.11. The van der Waals surface area contributed by atoms with Crippen LogP contribution < -0.4 is 10.9 Å². The predicted molar refractivity (Wildman–Crippen MR) is 96.4 cm³/mol. The lowest BCUT2D eigenvalue weighted by Gasteiger charge is -2.10. The second kappa shape index (κ2) is 7.73. The maximum atomic E-state index is 12.1. The highest BCUT2D eigenvalue weighted by Gasteiger charge is 2.09. The summed E-state index contributed by atoms with van der Waals surface area (Å²) in [6, 6.07) is 5.63. The highest BCUT2D eigenvalue weighted by Crippen LogP contribution is 2.13. The van der Waals surface area contributed by atoms with E-state index in [1.165, 1.54) is 10.9 Å². The Hall–Kier alpha value is -3.29. The van der Waals surface area contributed by atoms with Gasteiger partial charge in [0.2, 0.25) is 5.91 Å². The van der Waals surface area contributed by atoms with Crippen LogP contribution in [0.1, 0.15) is 11.3 Å². The molecule has 3 aromatic rings. The van der Waals surface area contributed by atoms with E-state index in [4.69, 9.17) is 0 Å². The number of aromatic nitrogens is 5. The molecule has 1 amide bonds. The van der Waals surface area contributed by atoms with Gasteiger partial charge in [-0.25, -0.2) is 9.97 Å². The van der Waals surface area contributed by atoms with Gasteiger partial charge in [-0.3, -0.25) is 19.1 Å². The summed E-state index contributed by atoms with van der Waals surface area (Å²) in [4.78, 5) is 36.9. The van der Waals surface area contributed by atoms with Gasteiger partial charge in [0.25, 0.3) is 5.56 Å². The number of nitrogens with one attached hydrogen (secondary N) is 1. The molecule has 0 bridgehead atoms. The first-order valence-electron chi connectivity index (χ1n) is 8.28. The molecule has 0 radical (unpaired) electrons. The molecule has 0 fully saturated rings. The first kappa shape index (κ1) is 17.5. The van der Waals surface area contributed by atoms with Crippen molar-refractivity contribution >= 4 is 5.91 Å². The van der Waals surface area contributed by atoms with E-state index in [1.807, 2.05) is 29.0 Å². The van der Waals surface area contributed by atoms with E-state index in [0.29, 0.717) is 24.3 Å². The molecule has 3 rings (SSSR count). The van der Waals surface area contributed by atoms with Gasteiger partial charge < -0.3 is 9.88 Å². The van der Waals surface area contributed by atoms with Crippen molar-refractivity contribution in [1.82, 2.24) is 29.4 Å². The number of aryl methyl sites for hydroxylation is 1. The summed E-state index contributed by atoms with van der Waals surface area (Å²) in [5, 5.41) is 2.81. The van der Waals surface area contributed by atoms with Crippen molar-refractivity contribution in [3.05, 3.63) is 64.7 Å². The summed E-state index contributed by atoms with van der Waals surface area (Å²) >= 11 is 0. The fraction of sp³-hybridized carbons (Fsp3) is 0.278. The third-order valence-corrected chi connectivity index (χ3v) is 4.11. The van der Waals surface area contributed by atoms with E-state index in [1.54, 1.807) is 26.2 Å². The largest absolute Gasteiger partial charge is 0.353 e. The molecule has 3 heterocycles. The molecule has 0 aliphatic carbocycles. The van der Waals surface area contributed by atoms with Gasteiger partial charge in [0, 0.05) is 42.9 Å². The quantitative estimate of drug-likeness (QED) is 0.712. The molecule has 0 aliphatic rings. The molecular weight excluding hydrogens is 332 g/mol. The van der Waals surface area contributed by atoms with Crippen molar-refractivity contribution in [3.63, 3.8) is 0 Å². The minimum atomic E-state index is -0.239. The molecule has 1 N–H and O–H groups in total. The molecule has 0 saturated heterocycles. The minimum absolute atomic E-state index is 0.0516. The fourth-order valence-corrected chi connectivity index (χ4v) is 2.53. The molecule has 26 heavy (non-hydrogen) atoms. The van der Waals surface area contributed by atoms with Crippen LogP contribution in [0.4, 0.5) is 0 Å². The number of imidazole rings is 1. The maximum absolute atomic E-state index is 12.1. The van der Waals surface area contributed by atoms with Gasteiger partial charge in [-0.2, -0.15) is 0 Å². The van der Waals surface area contributed by atoms with Gasteiger partial charge in [0.05, 0.1) is 6.33 Å². The number of hydrogen-bond acceptors (Lipinski definition) is 5. The Balaban J connectivity index is 1.58. The third-order valence-electron chi connectivity index (χ3n) is 4.11. The van der Waals surface area contributed by atoms with Crippen LogP contribution in [0.3, 0.4) is 0 Å². The van der Waals surface area contributed by atoms with Crippen LogP contribution in [0, 0.1) is 13.8 Å². The van der Waals surface area contributed by atoms with Crippen LogP contribution in [0.2, 0.25) is 0 Å². The molecule has 134 valence electrons. The molecule has 0 aliphatic heterocycles. The number of carbonyl (C=O) groups is 1. The topological polar surface area (TPSA) is 94.7 Å². The van der Waals surface area contributed by atoms with Crippen LogP contribution in [0.25, 0.3) is 11.5 Å². The van der Waals surface area contributed by atoms with Crippen molar-refractivity contribution in [1.29, 1.82) is 0 Å². The van der Waals surface area contributed by atoms with E-state index in [-0.39, 0.29) is 18.0 Å². The Morgan fingerprint density at radius 3 is 2.73 bits per heavy atom. The maximum Gasteiger partial charge on any atom is 0.256 e. The monoisotopic (exact) mass is 352 g/mol. The second-order valence-corrected chi connectivity index (χ2v) is 5.90. The van der Waals surface area contributed by atoms with Crippen molar-refractivity contribution in [2.75, 3.05) is 6.54 Å². The zero-order valence-corrected chi connectivity index (χ0v) is 14.7. The SMILES string of the molecule is Cc1ncn(CC(=O)NCCn2ccnc2-c2ccccn2)c(=O)c1C. The first-order chi connectivity index (χ1) is 12.6. The zero-order valence-electron chi connectivity index (χ0n) is 14.7. The summed E-state index contributed by atoms with van der Waals surface area (Å²) in [5.74, 6) is 0.506. The smallest absolute Gasteiger partial charge is 0.256 e. The lowest BCUT2D eigenvalue weighted by atomic mass is 10.3. The van der Waals surface area contributed by atoms with Gasteiger partial charge in [-0.15, -0.1) is 0 Å². The third kappa shape index (κ3) is 3.85. The van der Waals surface area contributed by atoms with Crippen molar-refractivity contribution in [3.8, 4) is 11.5 Å². The van der Waals surface area contributed by atoms with Crippen LogP contribution >= 0.6 is 0 Å². The fourth-order valence-electron chi connectivity index (χ4n) is 2.53. The zero-order chi connectivity index (χ0) is 18.5. The van der Waals surface area contributed by atoms with Gasteiger partial charge in [0.1, 0.15) is 12.2 Å². The van der Waals surface area contributed by atoms with E-state index in [2.05, 4.69) is 20.3 Å². The molecule has 8 nitrogen and oxygen atoms in total. The second-order valence-electron chi connectivity index (χ2n) is 5.90. The average molecular weight is 352 g/mol. The Morgan fingerprint density at radius 1 is 1.12 bits per heavy atom. The number of amides is 1. The minimum Gasteiger partial charge on any atom is -0.353 e. The van der Waals surface area contributed by atoms with Crippen LogP contribution in [-0.2, 0) is 17.9 Å². The van der Waals surface area contributed by atoms with Crippen LogP contribution in [0.5, 0.6) is 0 Å². The lowest BCUT2D eigenvalue weighted by Crippen LogP contribution is -2.35. The van der Waals surface area contributed by atoms with Gasteiger partial charge >= 0.3 is 0 Å². The molecule has 0 spiro atoms. The molecule has 0 atom stereocenters. The Morgan fingerprint density at radius 2 is 1.96 bits per heavy atom. The number of carbonyl (C=O) groups excluding carboxylic acids is 1. The van der Waals surface area contributed by atoms with E-state index >= 15 is 0 Å². The van der Waals surface area contributed by atoms with Crippen LogP contribution in [0.15, 0.2) is 47.9 Å². The summed E-state index contributed by atoms with van der Waals surface area (Å²) in [5.41, 5.74) is 1.81. The highest BCUT2D eigenvalue weighted by atomic mass is 16.2. The van der Waals surface area contributed by atoms with E-state index in [0.717, 1.165) is 11.5 Å². The van der Waals surface area contributed by atoms with E-state index < -0.39 is 0 Å². The summed E-state index contributed by atoms with van der Waals surface area (Å²) in [6.07, 6.45) is 6.66. The molecule has 0 saturated carbocycles. The Labute approximate surface area is 150 Å². The van der Waals surface area contributed by atoms with Crippen molar-refractivity contribution in [2.24, 2.45) is 0 Å². The van der Waals surface area contributed by atoms with Crippen molar-refractivity contribution in [2.45, 2.75) is 26.9 Å². The molecule has 3 aromatic heterocycles. The van der Waals surface area contributed by atoms with Gasteiger partial charge in [0.15, 0.2) is 5.82 Å². The highest BCUT2D eigenvalue weighted by molar-refractivity contribution is 5.75. The molecular formula is C18H20N6O2. The summed E-state index contributed by atoms with van der Waals surface area (Å²) in [6.45, 7) is 4.40.